The van der Waals surface area contributed by atoms with Crippen molar-refractivity contribution in [1.29, 1.82) is 0 Å². The van der Waals surface area contributed by atoms with E-state index in [4.69, 9.17) is 13.9 Å². The third-order valence-corrected chi connectivity index (χ3v) is 6.08. The maximum atomic E-state index is 11.2. The molecule has 2 N–H and O–H groups in total. The summed E-state index contributed by atoms with van der Waals surface area (Å²) in [7, 11) is 0. The standard InChI is InChI=1S/C21H27N3O4/c25-20-18(22-13-16-7-4-12-26-16)17-14-27-21(28-17)19(20)24-10-8-23(9-11-24)15-5-2-1-3-6-15/h1-7,12,17-22,25H,8-11,13-14H2/t17-,18+,19-,20-,21+/m0/s1. The van der Waals surface area contributed by atoms with Gasteiger partial charge in [0.2, 0.25) is 0 Å². The van der Waals surface area contributed by atoms with E-state index in [1.807, 2.05) is 18.2 Å². The Morgan fingerprint density at radius 1 is 1.04 bits per heavy atom. The number of anilines is 1. The van der Waals surface area contributed by atoms with Gasteiger partial charge in [-0.05, 0) is 24.3 Å². The predicted molar refractivity (Wildman–Crippen MR) is 104 cm³/mol. The molecule has 0 unspecified atom stereocenters. The number of nitrogens with zero attached hydrogens (tertiary/aromatic N) is 2. The van der Waals surface area contributed by atoms with E-state index in [1.54, 1.807) is 6.26 Å². The summed E-state index contributed by atoms with van der Waals surface area (Å²) in [6, 6.07) is 13.9. The highest BCUT2D eigenvalue weighted by molar-refractivity contribution is 5.46. The van der Waals surface area contributed by atoms with E-state index in [0.717, 1.165) is 31.9 Å². The molecule has 3 aliphatic heterocycles. The molecule has 150 valence electrons. The fourth-order valence-electron chi connectivity index (χ4n) is 4.59. The minimum absolute atomic E-state index is 0.128. The van der Waals surface area contributed by atoms with Crippen molar-refractivity contribution in [3.63, 3.8) is 0 Å². The molecular formula is C21H27N3O4. The smallest absolute Gasteiger partial charge is 0.176 e. The van der Waals surface area contributed by atoms with Crippen LogP contribution in [0.1, 0.15) is 5.76 Å². The van der Waals surface area contributed by atoms with Crippen LogP contribution in [0, 0.1) is 0 Å². The van der Waals surface area contributed by atoms with Gasteiger partial charge in [-0.25, -0.2) is 0 Å². The zero-order chi connectivity index (χ0) is 18.9. The van der Waals surface area contributed by atoms with E-state index in [2.05, 4.69) is 39.4 Å². The van der Waals surface area contributed by atoms with Gasteiger partial charge in [0.05, 0.1) is 37.6 Å². The number of nitrogens with one attached hydrogen (secondary N) is 1. The molecule has 28 heavy (non-hydrogen) atoms. The number of furan rings is 1. The second kappa shape index (κ2) is 7.85. The normalized spacial score (nSPS) is 33.3. The van der Waals surface area contributed by atoms with Crippen molar-refractivity contribution in [1.82, 2.24) is 10.2 Å². The van der Waals surface area contributed by atoms with Gasteiger partial charge in [0.25, 0.3) is 0 Å². The Balaban J connectivity index is 1.24. The summed E-state index contributed by atoms with van der Waals surface area (Å²) >= 11 is 0. The monoisotopic (exact) mass is 385 g/mol. The van der Waals surface area contributed by atoms with Crippen LogP contribution in [-0.2, 0) is 16.0 Å². The molecule has 1 aromatic heterocycles. The predicted octanol–water partition coefficient (Wildman–Crippen LogP) is 1.04. The molecular weight excluding hydrogens is 358 g/mol. The highest BCUT2D eigenvalue weighted by atomic mass is 16.7. The Morgan fingerprint density at radius 3 is 2.61 bits per heavy atom. The van der Waals surface area contributed by atoms with Crippen LogP contribution in [0.5, 0.6) is 0 Å². The van der Waals surface area contributed by atoms with Crippen LogP contribution >= 0.6 is 0 Å². The Hall–Kier alpha value is -1.90. The third-order valence-electron chi connectivity index (χ3n) is 6.08. The summed E-state index contributed by atoms with van der Waals surface area (Å²) in [5.74, 6) is 0.848. The van der Waals surface area contributed by atoms with E-state index in [1.165, 1.54) is 5.69 Å². The summed E-state index contributed by atoms with van der Waals surface area (Å²) in [5.41, 5.74) is 1.25. The highest BCUT2D eigenvalue weighted by Crippen LogP contribution is 2.32. The molecule has 3 fully saturated rings. The van der Waals surface area contributed by atoms with Gasteiger partial charge in [0.1, 0.15) is 11.9 Å². The molecule has 4 heterocycles. The van der Waals surface area contributed by atoms with Crippen molar-refractivity contribution < 1.29 is 19.0 Å². The van der Waals surface area contributed by atoms with Crippen molar-refractivity contribution in [2.24, 2.45) is 0 Å². The maximum Gasteiger partial charge on any atom is 0.176 e. The molecule has 5 atom stereocenters. The molecule has 0 aliphatic carbocycles. The van der Waals surface area contributed by atoms with Crippen LogP contribution in [0.15, 0.2) is 53.1 Å². The SMILES string of the molecule is O[C@H]1[C@H](NCc2ccco2)[C@@H]2CO[C@H](O2)[C@H]1N1CCN(c2ccccc2)CC1. The molecule has 3 aliphatic rings. The summed E-state index contributed by atoms with van der Waals surface area (Å²) in [5, 5.41) is 14.6. The molecule has 0 spiro atoms. The van der Waals surface area contributed by atoms with Crippen molar-refractivity contribution in [2.75, 3.05) is 37.7 Å². The Labute approximate surface area is 164 Å². The number of rotatable bonds is 5. The average molecular weight is 385 g/mol. The first-order valence-corrected chi connectivity index (χ1v) is 10.0. The van der Waals surface area contributed by atoms with E-state index >= 15 is 0 Å². The molecule has 1 aromatic carbocycles. The first kappa shape index (κ1) is 18.1. The second-order valence-corrected chi connectivity index (χ2v) is 7.70. The van der Waals surface area contributed by atoms with E-state index in [9.17, 15) is 5.11 Å². The Morgan fingerprint density at radius 2 is 1.86 bits per heavy atom. The quantitative estimate of drug-likeness (QED) is 0.797. The van der Waals surface area contributed by atoms with E-state index < -0.39 is 6.10 Å². The molecule has 2 aromatic rings. The minimum Gasteiger partial charge on any atom is -0.468 e. The molecule has 2 bridgehead atoms. The summed E-state index contributed by atoms with van der Waals surface area (Å²) in [6.45, 7) is 4.67. The van der Waals surface area contributed by atoms with Gasteiger partial charge in [0, 0.05) is 31.9 Å². The van der Waals surface area contributed by atoms with Gasteiger partial charge >= 0.3 is 0 Å². The zero-order valence-electron chi connectivity index (χ0n) is 15.8. The number of hydrogen-bond donors (Lipinski definition) is 2. The fourth-order valence-corrected chi connectivity index (χ4v) is 4.59. The largest absolute Gasteiger partial charge is 0.468 e. The number of benzene rings is 1. The lowest BCUT2D eigenvalue weighted by atomic mass is 9.94. The number of fused-ring (bicyclic) bond motifs is 2. The summed E-state index contributed by atoms with van der Waals surface area (Å²) in [4.78, 5) is 4.70. The lowest BCUT2D eigenvalue weighted by Gasteiger charge is -2.47. The molecule has 0 amide bonds. The molecule has 3 saturated heterocycles. The average Bonchev–Trinajstić information content (AvgIpc) is 3.40. The number of piperazine rings is 1. The number of ether oxygens (including phenoxy) is 2. The van der Waals surface area contributed by atoms with Gasteiger partial charge in [-0.15, -0.1) is 0 Å². The number of para-hydroxylation sites is 1. The van der Waals surface area contributed by atoms with Crippen molar-refractivity contribution in [3.8, 4) is 0 Å². The van der Waals surface area contributed by atoms with Gasteiger partial charge < -0.3 is 29.2 Å². The van der Waals surface area contributed by atoms with Gasteiger partial charge in [-0.1, -0.05) is 18.2 Å². The summed E-state index contributed by atoms with van der Waals surface area (Å²) < 4.78 is 17.4. The highest BCUT2D eigenvalue weighted by Gasteiger charge is 2.52. The maximum absolute atomic E-state index is 11.2. The zero-order valence-corrected chi connectivity index (χ0v) is 15.8. The molecule has 7 nitrogen and oxygen atoms in total. The van der Waals surface area contributed by atoms with Crippen molar-refractivity contribution in [3.05, 3.63) is 54.5 Å². The van der Waals surface area contributed by atoms with Crippen molar-refractivity contribution in [2.45, 2.75) is 37.1 Å². The van der Waals surface area contributed by atoms with Crippen LogP contribution in [0.4, 0.5) is 5.69 Å². The lowest BCUT2D eigenvalue weighted by molar-refractivity contribution is -0.183. The number of aliphatic hydroxyl groups excluding tert-OH is 1. The molecule has 7 heteroatoms. The molecule has 0 saturated carbocycles. The van der Waals surface area contributed by atoms with Crippen molar-refractivity contribution >= 4 is 5.69 Å². The van der Waals surface area contributed by atoms with E-state index in [-0.39, 0.29) is 24.5 Å². The first-order valence-electron chi connectivity index (χ1n) is 10.0. The topological polar surface area (TPSA) is 70.3 Å². The van der Waals surface area contributed by atoms with E-state index in [0.29, 0.717) is 13.2 Å². The second-order valence-electron chi connectivity index (χ2n) is 7.70. The summed E-state index contributed by atoms with van der Waals surface area (Å²) in [6.07, 6.45) is 0.625. The van der Waals surface area contributed by atoms with Gasteiger partial charge in [-0.3, -0.25) is 4.90 Å². The fraction of sp³-hybridized carbons (Fsp3) is 0.524. The lowest BCUT2D eigenvalue weighted by Crippen LogP contribution is -2.66. The van der Waals surface area contributed by atoms with Crippen LogP contribution in [0.2, 0.25) is 0 Å². The van der Waals surface area contributed by atoms with Gasteiger partial charge in [0.15, 0.2) is 6.29 Å². The number of aliphatic hydroxyl groups is 1. The molecule has 0 radical (unpaired) electrons. The van der Waals surface area contributed by atoms with Crippen LogP contribution in [0.25, 0.3) is 0 Å². The number of hydrogen-bond acceptors (Lipinski definition) is 7. The Kier molecular flexibility index (Phi) is 5.09. The Bertz CT molecular complexity index is 748. The first-order chi connectivity index (χ1) is 13.8. The van der Waals surface area contributed by atoms with Gasteiger partial charge in [-0.2, -0.15) is 0 Å². The van der Waals surface area contributed by atoms with Crippen LogP contribution in [0.3, 0.4) is 0 Å². The van der Waals surface area contributed by atoms with Crippen LogP contribution < -0.4 is 10.2 Å². The van der Waals surface area contributed by atoms with Crippen LogP contribution in [-0.4, -0.2) is 73.4 Å². The third kappa shape index (κ3) is 3.44. The molecule has 5 rings (SSSR count). The minimum atomic E-state index is -0.551.